The van der Waals surface area contributed by atoms with Gasteiger partial charge in [-0.05, 0) is 67.9 Å². The number of halogens is 1. The molecule has 0 unspecified atom stereocenters. The molecule has 0 radical (unpaired) electrons. The molecule has 0 fully saturated rings. The van der Waals surface area contributed by atoms with Crippen LogP contribution in [-0.2, 0) is 10.0 Å². The normalized spacial score (nSPS) is 11.1. The second-order valence-electron chi connectivity index (χ2n) is 6.41. The van der Waals surface area contributed by atoms with Crippen molar-refractivity contribution in [3.63, 3.8) is 0 Å². The van der Waals surface area contributed by atoms with Crippen LogP contribution < -0.4 is 10.0 Å². The molecular formula is C21H19FN2O3S. The first kappa shape index (κ1) is 19.6. The van der Waals surface area contributed by atoms with E-state index < -0.39 is 21.7 Å². The molecule has 0 aliphatic heterocycles. The van der Waals surface area contributed by atoms with Crippen LogP contribution in [0.3, 0.4) is 0 Å². The summed E-state index contributed by atoms with van der Waals surface area (Å²) in [5.74, 6) is -0.909. The topological polar surface area (TPSA) is 75.3 Å². The third kappa shape index (κ3) is 4.55. The summed E-state index contributed by atoms with van der Waals surface area (Å²) in [5, 5.41) is 2.63. The van der Waals surface area contributed by atoms with Gasteiger partial charge in [0.1, 0.15) is 5.82 Å². The second-order valence-corrected chi connectivity index (χ2v) is 8.09. The highest BCUT2D eigenvalue weighted by molar-refractivity contribution is 7.92. The van der Waals surface area contributed by atoms with Crippen molar-refractivity contribution in [2.75, 3.05) is 10.0 Å². The number of anilines is 2. The van der Waals surface area contributed by atoms with Crippen LogP contribution in [0.2, 0.25) is 0 Å². The Morgan fingerprint density at radius 3 is 2.18 bits per heavy atom. The molecule has 0 bridgehead atoms. The van der Waals surface area contributed by atoms with Gasteiger partial charge in [-0.25, -0.2) is 12.8 Å². The van der Waals surface area contributed by atoms with E-state index in [0.717, 1.165) is 11.1 Å². The number of carbonyl (C=O) groups excluding carboxylic acids is 1. The van der Waals surface area contributed by atoms with Crippen molar-refractivity contribution in [3.8, 4) is 0 Å². The quantitative estimate of drug-likeness (QED) is 0.665. The Morgan fingerprint density at radius 1 is 0.893 bits per heavy atom. The summed E-state index contributed by atoms with van der Waals surface area (Å²) in [6.07, 6.45) is 0. The molecular weight excluding hydrogens is 379 g/mol. The zero-order valence-electron chi connectivity index (χ0n) is 15.4. The fourth-order valence-corrected chi connectivity index (χ4v) is 3.60. The van der Waals surface area contributed by atoms with Crippen LogP contribution in [0.1, 0.15) is 21.5 Å². The molecule has 0 spiro atoms. The lowest BCUT2D eigenvalue weighted by molar-refractivity contribution is 0.102. The van der Waals surface area contributed by atoms with E-state index in [0.29, 0.717) is 11.4 Å². The van der Waals surface area contributed by atoms with E-state index in [1.165, 1.54) is 36.4 Å². The van der Waals surface area contributed by atoms with Crippen LogP contribution >= 0.6 is 0 Å². The van der Waals surface area contributed by atoms with Gasteiger partial charge in [0.05, 0.1) is 4.90 Å². The van der Waals surface area contributed by atoms with Crippen molar-refractivity contribution in [3.05, 3.63) is 89.2 Å². The first-order chi connectivity index (χ1) is 13.2. The van der Waals surface area contributed by atoms with Gasteiger partial charge in [-0.2, -0.15) is 0 Å². The Labute approximate surface area is 163 Å². The molecule has 0 saturated heterocycles. The minimum absolute atomic E-state index is 0.0339. The Kier molecular flexibility index (Phi) is 5.46. The fourth-order valence-electron chi connectivity index (χ4n) is 2.54. The average Bonchev–Trinajstić information content (AvgIpc) is 2.66. The standard InChI is InChI=1S/C21H19FN2O3S/c1-14-3-9-18(10-4-14)24-28(26,27)19-11-6-16(7-12-19)21(25)23-20-13-17(22)8-5-15(20)2/h3-13,24H,1-2H3,(H,23,25). The van der Waals surface area contributed by atoms with Crippen LogP contribution in [0.25, 0.3) is 0 Å². The molecule has 0 aliphatic carbocycles. The minimum atomic E-state index is -3.77. The van der Waals surface area contributed by atoms with Gasteiger partial charge in [-0.3, -0.25) is 9.52 Å². The Hall–Kier alpha value is -3.19. The lowest BCUT2D eigenvalue weighted by Crippen LogP contribution is -2.15. The summed E-state index contributed by atoms with van der Waals surface area (Å²) < 4.78 is 40.8. The van der Waals surface area contributed by atoms with Gasteiger partial charge in [0.15, 0.2) is 0 Å². The third-order valence-corrected chi connectivity index (χ3v) is 5.58. The van der Waals surface area contributed by atoms with Crippen molar-refractivity contribution in [2.45, 2.75) is 18.7 Å². The number of hydrogen-bond acceptors (Lipinski definition) is 3. The zero-order chi connectivity index (χ0) is 20.3. The number of rotatable bonds is 5. The molecule has 2 N–H and O–H groups in total. The molecule has 3 rings (SSSR count). The molecule has 0 heterocycles. The van der Waals surface area contributed by atoms with Crippen molar-refractivity contribution in [1.82, 2.24) is 0 Å². The van der Waals surface area contributed by atoms with Gasteiger partial charge in [0.2, 0.25) is 0 Å². The zero-order valence-corrected chi connectivity index (χ0v) is 16.2. The molecule has 0 aliphatic rings. The van der Waals surface area contributed by atoms with Gasteiger partial charge in [0.25, 0.3) is 15.9 Å². The largest absolute Gasteiger partial charge is 0.322 e. The van der Waals surface area contributed by atoms with Crippen LogP contribution in [-0.4, -0.2) is 14.3 Å². The molecule has 0 aromatic heterocycles. The van der Waals surface area contributed by atoms with E-state index in [4.69, 9.17) is 0 Å². The minimum Gasteiger partial charge on any atom is -0.322 e. The Balaban J connectivity index is 1.75. The molecule has 3 aromatic carbocycles. The van der Waals surface area contributed by atoms with E-state index in [2.05, 4.69) is 10.0 Å². The number of carbonyl (C=O) groups is 1. The van der Waals surface area contributed by atoms with E-state index in [9.17, 15) is 17.6 Å². The van der Waals surface area contributed by atoms with Crippen molar-refractivity contribution in [2.24, 2.45) is 0 Å². The SMILES string of the molecule is Cc1ccc(NS(=O)(=O)c2ccc(C(=O)Nc3cc(F)ccc3C)cc2)cc1. The number of nitrogens with one attached hydrogen (secondary N) is 2. The molecule has 1 amide bonds. The first-order valence-corrected chi connectivity index (χ1v) is 10.00. The van der Waals surface area contributed by atoms with E-state index >= 15 is 0 Å². The van der Waals surface area contributed by atoms with E-state index in [-0.39, 0.29) is 10.5 Å². The Bertz CT molecular complexity index is 1110. The van der Waals surface area contributed by atoms with Crippen molar-refractivity contribution >= 4 is 27.3 Å². The third-order valence-electron chi connectivity index (χ3n) is 4.18. The number of benzene rings is 3. The average molecular weight is 398 g/mol. The summed E-state index contributed by atoms with van der Waals surface area (Å²) in [6, 6.07) is 16.6. The maximum Gasteiger partial charge on any atom is 0.261 e. The van der Waals surface area contributed by atoms with Gasteiger partial charge in [-0.1, -0.05) is 23.8 Å². The summed E-state index contributed by atoms with van der Waals surface area (Å²) in [6.45, 7) is 3.66. The summed E-state index contributed by atoms with van der Waals surface area (Å²) in [4.78, 5) is 12.4. The highest BCUT2D eigenvalue weighted by Crippen LogP contribution is 2.19. The second kappa shape index (κ2) is 7.82. The van der Waals surface area contributed by atoms with E-state index in [1.807, 2.05) is 6.92 Å². The summed E-state index contributed by atoms with van der Waals surface area (Å²) in [7, 11) is -3.77. The lowest BCUT2D eigenvalue weighted by Gasteiger charge is -2.10. The number of sulfonamides is 1. The number of amides is 1. The predicted octanol–water partition coefficient (Wildman–Crippen LogP) is 4.50. The van der Waals surface area contributed by atoms with Gasteiger partial charge in [-0.15, -0.1) is 0 Å². The summed E-state index contributed by atoms with van der Waals surface area (Å²) in [5.41, 5.74) is 2.82. The number of aryl methyl sites for hydroxylation is 2. The molecule has 5 nitrogen and oxygen atoms in total. The van der Waals surface area contributed by atoms with Gasteiger partial charge in [0, 0.05) is 16.9 Å². The van der Waals surface area contributed by atoms with Crippen molar-refractivity contribution in [1.29, 1.82) is 0 Å². The molecule has 7 heteroatoms. The lowest BCUT2D eigenvalue weighted by atomic mass is 10.1. The van der Waals surface area contributed by atoms with Crippen LogP contribution in [0.15, 0.2) is 71.6 Å². The molecule has 28 heavy (non-hydrogen) atoms. The molecule has 3 aromatic rings. The highest BCUT2D eigenvalue weighted by atomic mass is 32.2. The number of hydrogen-bond donors (Lipinski definition) is 2. The van der Waals surface area contributed by atoms with E-state index in [1.54, 1.807) is 37.3 Å². The smallest absolute Gasteiger partial charge is 0.261 e. The van der Waals surface area contributed by atoms with Gasteiger partial charge < -0.3 is 5.32 Å². The molecule has 0 saturated carbocycles. The maximum atomic E-state index is 13.4. The van der Waals surface area contributed by atoms with Crippen molar-refractivity contribution < 1.29 is 17.6 Å². The maximum absolute atomic E-state index is 13.4. The van der Waals surface area contributed by atoms with Crippen LogP contribution in [0, 0.1) is 19.7 Å². The molecule has 144 valence electrons. The Morgan fingerprint density at radius 2 is 1.54 bits per heavy atom. The first-order valence-electron chi connectivity index (χ1n) is 8.52. The van der Waals surface area contributed by atoms with Crippen LogP contribution in [0.4, 0.5) is 15.8 Å². The fraction of sp³-hybridized carbons (Fsp3) is 0.0952. The molecule has 0 atom stereocenters. The predicted molar refractivity (Wildman–Crippen MR) is 108 cm³/mol. The monoisotopic (exact) mass is 398 g/mol. The summed E-state index contributed by atoms with van der Waals surface area (Å²) >= 11 is 0. The highest BCUT2D eigenvalue weighted by Gasteiger charge is 2.16. The van der Waals surface area contributed by atoms with Crippen LogP contribution in [0.5, 0.6) is 0 Å². The van der Waals surface area contributed by atoms with Gasteiger partial charge >= 0.3 is 0 Å².